The summed E-state index contributed by atoms with van der Waals surface area (Å²) in [4.78, 5) is 21.1. The number of rotatable bonds is 8. The summed E-state index contributed by atoms with van der Waals surface area (Å²) in [5.74, 6) is 1.35. The van der Waals surface area contributed by atoms with Gasteiger partial charge < -0.3 is 15.3 Å². The van der Waals surface area contributed by atoms with E-state index < -0.39 is 0 Å². The molecule has 0 unspecified atom stereocenters. The van der Waals surface area contributed by atoms with Crippen LogP contribution in [-0.2, 0) is 11.2 Å². The number of hydrogen-bond donors (Lipinski definition) is 2. The summed E-state index contributed by atoms with van der Waals surface area (Å²) < 4.78 is 0. The smallest absolute Gasteiger partial charge is 0.222 e. The lowest BCUT2D eigenvalue weighted by Gasteiger charge is -2.16. The van der Waals surface area contributed by atoms with Gasteiger partial charge in [0.2, 0.25) is 5.91 Å². The van der Waals surface area contributed by atoms with E-state index in [4.69, 9.17) is 4.98 Å². The highest BCUT2D eigenvalue weighted by Crippen LogP contribution is 2.33. The summed E-state index contributed by atoms with van der Waals surface area (Å²) in [6, 6.07) is 15.7. The summed E-state index contributed by atoms with van der Waals surface area (Å²) in [5, 5.41) is 13.1. The van der Waals surface area contributed by atoms with Gasteiger partial charge in [0, 0.05) is 41.4 Å². The third-order valence-corrected chi connectivity index (χ3v) is 6.64. The average Bonchev–Trinajstić information content (AvgIpc) is 3.40. The molecule has 3 aromatic rings. The van der Waals surface area contributed by atoms with E-state index in [1.165, 1.54) is 9.75 Å². The summed E-state index contributed by atoms with van der Waals surface area (Å²) in [5.41, 5.74) is 2.97. The minimum atomic E-state index is 0.246. The molecule has 3 heterocycles. The van der Waals surface area contributed by atoms with Crippen LogP contribution in [0.15, 0.2) is 48.5 Å². The average molecular weight is 422 g/mol. The van der Waals surface area contributed by atoms with Gasteiger partial charge in [-0.3, -0.25) is 4.79 Å². The molecule has 2 N–H and O–H groups in total. The first-order chi connectivity index (χ1) is 14.6. The summed E-state index contributed by atoms with van der Waals surface area (Å²) >= 11 is 1.81. The van der Waals surface area contributed by atoms with E-state index in [2.05, 4.69) is 36.5 Å². The highest BCUT2D eigenvalue weighted by atomic mass is 32.1. The monoisotopic (exact) mass is 421 g/mol. The van der Waals surface area contributed by atoms with Crippen molar-refractivity contribution in [2.45, 2.75) is 32.6 Å². The van der Waals surface area contributed by atoms with Crippen molar-refractivity contribution in [2.75, 3.05) is 25.0 Å². The summed E-state index contributed by atoms with van der Waals surface area (Å²) in [6.07, 6.45) is 3.59. The highest BCUT2D eigenvalue weighted by Gasteiger charge is 2.19. The minimum absolute atomic E-state index is 0.246. The van der Waals surface area contributed by atoms with Crippen LogP contribution in [0.1, 0.15) is 31.1 Å². The standard InChI is InChI=1S/C24H27N3O2S/c1-2-20-10-11-22(30-20)18-15-21(17-6-8-19(28)9-7-17)26-23(16-18)25-12-4-14-27-13-3-5-24(27)29/h6-11,15-16,28H,2-5,12-14H2,1H3,(H,25,26). The van der Waals surface area contributed by atoms with E-state index in [-0.39, 0.29) is 11.7 Å². The normalized spacial score (nSPS) is 13.8. The molecular formula is C24H27N3O2S. The second kappa shape index (κ2) is 9.30. The summed E-state index contributed by atoms with van der Waals surface area (Å²) in [6.45, 7) is 4.61. The second-order valence-corrected chi connectivity index (χ2v) is 8.73. The Morgan fingerprint density at radius 2 is 1.97 bits per heavy atom. The fourth-order valence-corrected chi connectivity index (χ4v) is 4.63. The number of phenols is 1. The molecule has 2 aromatic heterocycles. The number of nitrogens with one attached hydrogen (secondary N) is 1. The van der Waals surface area contributed by atoms with Crippen LogP contribution >= 0.6 is 11.3 Å². The van der Waals surface area contributed by atoms with Gasteiger partial charge in [0.25, 0.3) is 0 Å². The Morgan fingerprint density at radius 3 is 2.67 bits per heavy atom. The Kier molecular flexibility index (Phi) is 6.33. The quantitative estimate of drug-likeness (QED) is 0.493. The largest absolute Gasteiger partial charge is 0.508 e. The van der Waals surface area contributed by atoms with E-state index in [0.29, 0.717) is 6.42 Å². The zero-order valence-corrected chi connectivity index (χ0v) is 18.0. The number of pyridine rings is 1. The fourth-order valence-electron chi connectivity index (χ4n) is 3.69. The van der Waals surface area contributed by atoms with Gasteiger partial charge in [-0.25, -0.2) is 4.98 Å². The number of anilines is 1. The molecule has 156 valence electrons. The van der Waals surface area contributed by atoms with Crippen molar-refractivity contribution in [3.05, 3.63) is 53.4 Å². The van der Waals surface area contributed by atoms with Gasteiger partial charge in [0.15, 0.2) is 0 Å². The highest BCUT2D eigenvalue weighted by molar-refractivity contribution is 7.15. The number of aryl methyl sites for hydroxylation is 1. The predicted molar refractivity (Wildman–Crippen MR) is 123 cm³/mol. The van der Waals surface area contributed by atoms with Crippen LogP contribution in [0.2, 0.25) is 0 Å². The van der Waals surface area contributed by atoms with E-state index in [9.17, 15) is 9.90 Å². The summed E-state index contributed by atoms with van der Waals surface area (Å²) in [7, 11) is 0. The number of aromatic hydroxyl groups is 1. The third-order valence-electron chi connectivity index (χ3n) is 5.37. The third kappa shape index (κ3) is 4.82. The predicted octanol–water partition coefficient (Wildman–Crippen LogP) is 5.17. The van der Waals surface area contributed by atoms with E-state index in [1.807, 2.05) is 17.0 Å². The molecule has 1 aliphatic rings. The van der Waals surface area contributed by atoms with Crippen LogP contribution in [0.25, 0.3) is 21.7 Å². The molecule has 0 aliphatic carbocycles. The number of hydrogen-bond acceptors (Lipinski definition) is 5. The molecule has 4 rings (SSSR count). The lowest BCUT2D eigenvalue weighted by atomic mass is 10.1. The van der Waals surface area contributed by atoms with E-state index in [0.717, 1.165) is 61.5 Å². The maximum atomic E-state index is 11.8. The molecule has 0 spiro atoms. The van der Waals surface area contributed by atoms with Crippen molar-refractivity contribution in [1.29, 1.82) is 0 Å². The van der Waals surface area contributed by atoms with Gasteiger partial charge in [0.05, 0.1) is 5.69 Å². The van der Waals surface area contributed by atoms with E-state index in [1.54, 1.807) is 23.5 Å². The Hall–Kier alpha value is -2.86. The van der Waals surface area contributed by atoms with Crippen molar-refractivity contribution >= 4 is 23.1 Å². The molecule has 1 aromatic carbocycles. The van der Waals surface area contributed by atoms with Gasteiger partial charge in [0.1, 0.15) is 11.6 Å². The molecule has 1 saturated heterocycles. The van der Waals surface area contributed by atoms with Crippen LogP contribution in [0.4, 0.5) is 5.82 Å². The Balaban J connectivity index is 1.53. The number of amides is 1. The van der Waals surface area contributed by atoms with Crippen LogP contribution in [0.3, 0.4) is 0 Å². The van der Waals surface area contributed by atoms with Crippen LogP contribution < -0.4 is 5.32 Å². The van der Waals surface area contributed by atoms with Crippen molar-refractivity contribution in [2.24, 2.45) is 0 Å². The van der Waals surface area contributed by atoms with Gasteiger partial charge >= 0.3 is 0 Å². The molecule has 5 nitrogen and oxygen atoms in total. The molecule has 1 aliphatic heterocycles. The molecule has 6 heteroatoms. The second-order valence-electron chi connectivity index (χ2n) is 7.56. The topological polar surface area (TPSA) is 65.5 Å². The van der Waals surface area contributed by atoms with Gasteiger partial charge in [-0.05, 0) is 73.4 Å². The number of phenolic OH excluding ortho intramolecular Hbond substituents is 1. The van der Waals surface area contributed by atoms with Crippen LogP contribution in [0, 0.1) is 0 Å². The van der Waals surface area contributed by atoms with Crippen LogP contribution in [-0.4, -0.2) is 40.5 Å². The molecule has 0 radical (unpaired) electrons. The number of benzene rings is 1. The lowest BCUT2D eigenvalue weighted by Crippen LogP contribution is -2.27. The van der Waals surface area contributed by atoms with Gasteiger partial charge in [-0.1, -0.05) is 6.92 Å². The maximum Gasteiger partial charge on any atom is 0.222 e. The number of aromatic nitrogens is 1. The molecule has 0 atom stereocenters. The molecular weight excluding hydrogens is 394 g/mol. The van der Waals surface area contributed by atoms with Gasteiger partial charge in [-0.2, -0.15) is 0 Å². The Bertz CT molecular complexity index is 1010. The van der Waals surface area contributed by atoms with Crippen molar-refractivity contribution < 1.29 is 9.90 Å². The van der Waals surface area contributed by atoms with E-state index >= 15 is 0 Å². The lowest BCUT2D eigenvalue weighted by molar-refractivity contribution is -0.127. The zero-order chi connectivity index (χ0) is 20.9. The van der Waals surface area contributed by atoms with Crippen molar-refractivity contribution in [3.63, 3.8) is 0 Å². The number of likely N-dealkylation sites (tertiary alicyclic amines) is 1. The first-order valence-electron chi connectivity index (χ1n) is 10.5. The molecule has 0 bridgehead atoms. The molecule has 1 amide bonds. The first-order valence-corrected chi connectivity index (χ1v) is 11.4. The van der Waals surface area contributed by atoms with Gasteiger partial charge in [-0.15, -0.1) is 11.3 Å². The maximum absolute atomic E-state index is 11.8. The number of thiophene rings is 1. The molecule has 1 fully saturated rings. The first kappa shape index (κ1) is 20.4. The molecule has 0 saturated carbocycles. The van der Waals surface area contributed by atoms with Crippen LogP contribution in [0.5, 0.6) is 5.75 Å². The fraction of sp³-hybridized carbons (Fsp3) is 0.333. The number of carbonyl (C=O) groups excluding carboxylic acids is 1. The number of carbonyl (C=O) groups is 1. The molecule has 30 heavy (non-hydrogen) atoms. The Morgan fingerprint density at radius 1 is 1.13 bits per heavy atom. The zero-order valence-electron chi connectivity index (χ0n) is 17.2. The minimum Gasteiger partial charge on any atom is -0.508 e. The van der Waals surface area contributed by atoms with Crippen molar-refractivity contribution in [1.82, 2.24) is 9.88 Å². The van der Waals surface area contributed by atoms with Crippen molar-refractivity contribution in [3.8, 4) is 27.4 Å². The Labute approximate surface area is 181 Å². The number of nitrogens with zero attached hydrogens (tertiary/aromatic N) is 2. The SMILES string of the molecule is CCc1ccc(-c2cc(NCCCN3CCCC3=O)nc(-c3ccc(O)cc3)c2)s1.